The summed E-state index contributed by atoms with van der Waals surface area (Å²) in [6, 6.07) is 13.1. The number of benzene rings is 1. The molecule has 3 aromatic heterocycles. The zero-order chi connectivity index (χ0) is 17.2. The SMILES string of the molecule is Nc1nccc2scc(-c3ccc(NC(=O)Nc4cccs4)cc3)c12. The van der Waals surface area contributed by atoms with Crippen LogP contribution in [0.15, 0.2) is 59.4 Å². The Balaban J connectivity index is 1.54. The summed E-state index contributed by atoms with van der Waals surface area (Å²) in [6.07, 6.45) is 1.72. The van der Waals surface area contributed by atoms with Crippen molar-refractivity contribution >= 4 is 55.3 Å². The molecule has 1 aromatic carbocycles. The lowest BCUT2D eigenvalue weighted by Crippen LogP contribution is -2.18. The molecule has 7 heteroatoms. The number of nitrogens with one attached hydrogen (secondary N) is 2. The van der Waals surface area contributed by atoms with Crippen molar-refractivity contribution < 1.29 is 4.79 Å². The molecule has 4 aromatic rings. The lowest BCUT2D eigenvalue weighted by molar-refractivity contribution is 0.262. The first-order valence-electron chi connectivity index (χ1n) is 7.54. The molecule has 5 nitrogen and oxygen atoms in total. The highest BCUT2D eigenvalue weighted by Crippen LogP contribution is 2.36. The Morgan fingerprint density at radius 1 is 1.04 bits per heavy atom. The van der Waals surface area contributed by atoms with Crippen molar-refractivity contribution in [3.05, 3.63) is 59.4 Å². The molecule has 3 heterocycles. The first kappa shape index (κ1) is 15.6. The maximum atomic E-state index is 12.0. The summed E-state index contributed by atoms with van der Waals surface area (Å²) in [5.41, 5.74) is 8.85. The van der Waals surface area contributed by atoms with Crippen LogP contribution in [-0.4, -0.2) is 11.0 Å². The van der Waals surface area contributed by atoms with Gasteiger partial charge in [-0.25, -0.2) is 9.78 Å². The van der Waals surface area contributed by atoms with Gasteiger partial charge in [-0.1, -0.05) is 12.1 Å². The van der Waals surface area contributed by atoms with Gasteiger partial charge in [0.25, 0.3) is 0 Å². The Kier molecular flexibility index (Phi) is 4.09. The first-order chi connectivity index (χ1) is 12.2. The van der Waals surface area contributed by atoms with Crippen molar-refractivity contribution in [2.24, 2.45) is 0 Å². The number of hydrogen-bond acceptors (Lipinski definition) is 5. The maximum absolute atomic E-state index is 12.0. The fourth-order valence-electron chi connectivity index (χ4n) is 2.58. The molecule has 124 valence electrons. The largest absolute Gasteiger partial charge is 0.383 e. The second kappa shape index (κ2) is 6.54. The minimum atomic E-state index is -0.260. The van der Waals surface area contributed by atoms with Gasteiger partial charge >= 0.3 is 6.03 Å². The molecule has 0 spiro atoms. The Hall–Kier alpha value is -2.90. The van der Waals surface area contributed by atoms with Crippen molar-refractivity contribution in [3.8, 4) is 11.1 Å². The van der Waals surface area contributed by atoms with E-state index in [0.29, 0.717) is 5.82 Å². The van der Waals surface area contributed by atoms with Gasteiger partial charge < -0.3 is 11.1 Å². The van der Waals surface area contributed by atoms with Gasteiger partial charge in [0.05, 0.1) is 5.00 Å². The molecular weight excluding hydrogens is 352 g/mol. The van der Waals surface area contributed by atoms with E-state index >= 15 is 0 Å². The van der Waals surface area contributed by atoms with Crippen LogP contribution in [0.3, 0.4) is 0 Å². The molecule has 0 unspecified atom stereocenters. The van der Waals surface area contributed by atoms with E-state index in [2.05, 4.69) is 21.0 Å². The number of urea groups is 1. The summed E-state index contributed by atoms with van der Waals surface area (Å²) in [6.45, 7) is 0. The fourth-order valence-corrected chi connectivity index (χ4v) is 4.16. The lowest BCUT2D eigenvalue weighted by Gasteiger charge is -2.07. The van der Waals surface area contributed by atoms with Gasteiger partial charge in [0.15, 0.2) is 0 Å². The molecule has 0 fully saturated rings. The van der Waals surface area contributed by atoms with Crippen LogP contribution in [0.2, 0.25) is 0 Å². The highest BCUT2D eigenvalue weighted by molar-refractivity contribution is 7.17. The minimum absolute atomic E-state index is 0.260. The molecule has 0 atom stereocenters. The summed E-state index contributed by atoms with van der Waals surface area (Å²) < 4.78 is 1.11. The molecule has 4 rings (SSSR count). The average Bonchev–Trinajstić information content (AvgIpc) is 3.26. The van der Waals surface area contributed by atoms with Crippen molar-refractivity contribution in [1.29, 1.82) is 0 Å². The van der Waals surface area contributed by atoms with E-state index < -0.39 is 0 Å². The van der Waals surface area contributed by atoms with Crippen LogP contribution < -0.4 is 16.4 Å². The summed E-state index contributed by atoms with van der Waals surface area (Å²) in [5.74, 6) is 0.534. The van der Waals surface area contributed by atoms with Gasteiger partial charge in [-0.15, -0.1) is 22.7 Å². The van der Waals surface area contributed by atoms with E-state index in [1.165, 1.54) is 11.3 Å². The van der Waals surface area contributed by atoms with Crippen LogP contribution in [0, 0.1) is 0 Å². The number of hydrogen-bond donors (Lipinski definition) is 3. The topological polar surface area (TPSA) is 80.0 Å². The van der Waals surface area contributed by atoms with Gasteiger partial charge in [0, 0.05) is 27.5 Å². The number of amides is 2. The number of fused-ring (bicyclic) bond motifs is 1. The van der Waals surface area contributed by atoms with Crippen molar-refractivity contribution in [1.82, 2.24) is 4.98 Å². The smallest absolute Gasteiger partial charge is 0.324 e. The Bertz CT molecular complexity index is 1020. The van der Waals surface area contributed by atoms with Gasteiger partial charge in [0.1, 0.15) is 5.82 Å². The second-order valence-corrected chi connectivity index (χ2v) is 7.21. The van der Waals surface area contributed by atoms with Gasteiger partial charge in [-0.3, -0.25) is 5.32 Å². The number of carbonyl (C=O) groups is 1. The molecule has 0 aliphatic rings. The minimum Gasteiger partial charge on any atom is -0.383 e. The third kappa shape index (κ3) is 3.19. The molecular formula is C18H14N4OS2. The Morgan fingerprint density at radius 3 is 2.64 bits per heavy atom. The van der Waals surface area contributed by atoms with Crippen molar-refractivity contribution in [2.45, 2.75) is 0 Å². The third-order valence-electron chi connectivity index (χ3n) is 3.73. The predicted octanol–water partition coefficient (Wildman–Crippen LogP) is 5.25. The monoisotopic (exact) mass is 366 g/mol. The summed E-state index contributed by atoms with van der Waals surface area (Å²) in [4.78, 5) is 16.2. The second-order valence-electron chi connectivity index (χ2n) is 5.35. The first-order valence-corrected chi connectivity index (χ1v) is 9.30. The van der Waals surface area contributed by atoms with Crippen LogP contribution in [0.5, 0.6) is 0 Å². The molecule has 0 aliphatic carbocycles. The van der Waals surface area contributed by atoms with Gasteiger partial charge in [-0.05, 0) is 46.7 Å². The number of nitrogens with zero attached hydrogens (tertiary/aromatic N) is 1. The molecule has 25 heavy (non-hydrogen) atoms. The van der Waals surface area contributed by atoms with E-state index in [-0.39, 0.29) is 6.03 Å². The Labute approximate surface area is 152 Å². The van der Waals surface area contributed by atoms with Crippen LogP contribution in [0.25, 0.3) is 21.2 Å². The number of nitrogens with two attached hydrogens (primary N) is 1. The van der Waals surface area contributed by atoms with Crippen LogP contribution >= 0.6 is 22.7 Å². The summed E-state index contributed by atoms with van der Waals surface area (Å²) in [5, 5.41) is 11.4. The van der Waals surface area contributed by atoms with E-state index in [1.807, 2.05) is 47.8 Å². The van der Waals surface area contributed by atoms with Crippen LogP contribution in [0.4, 0.5) is 21.3 Å². The number of aromatic nitrogens is 1. The molecule has 0 saturated heterocycles. The quantitative estimate of drug-likeness (QED) is 0.463. The van der Waals surface area contributed by atoms with Crippen LogP contribution in [0.1, 0.15) is 0 Å². The molecule has 0 aliphatic heterocycles. The summed E-state index contributed by atoms with van der Waals surface area (Å²) >= 11 is 3.12. The van der Waals surface area contributed by atoms with E-state index in [9.17, 15) is 4.79 Å². The van der Waals surface area contributed by atoms with E-state index in [1.54, 1.807) is 17.5 Å². The zero-order valence-electron chi connectivity index (χ0n) is 13.0. The third-order valence-corrected chi connectivity index (χ3v) is 5.46. The van der Waals surface area contributed by atoms with Crippen molar-refractivity contribution in [3.63, 3.8) is 0 Å². The molecule has 0 radical (unpaired) electrons. The highest BCUT2D eigenvalue weighted by atomic mass is 32.1. The van der Waals surface area contributed by atoms with Crippen molar-refractivity contribution in [2.75, 3.05) is 16.4 Å². The maximum Gasteiger partial charge on any atom is 0.324 e. The zero-order valence-corrected chi connectivity index (χ0v) is 14.7. The molecule has 0 saturated carbocycles. The number of rotatable bonds is 3. The fraction of sp³-hybridized carbons (Fsp3) is 0. The number of thiophene rings is 2. The number of anilines is 3. The van der Waals surface area contributed by atoms with Crippen LogP contribution in [-0.2, 0) is 0 Å². The normalized spacial score (nSPS) is 10.7. The number of nitrogen functional groups attached to an aromatic ring is 1. The van der Waals surface area contributed by atoms with E-state index in [4.69, 9.17) is 5.73 Å². The Morgan fingerprint density at radius 2 is 1.88 bits per heavy atom. The van der Waals surface area contributed by atoms with Gasteiger partial charge in [-0.2, -0.15) is 0 Å². The predicted molar refractivity (Wildman–Crippen MR) is 106 cm³/mol. The number of pyridine rings is 1. The molecule has 2 amide bonds. The highest BCUT2D eigenvalue weighted by Gasteiger charge is 2.10. The lowest BCUT2D eigenvalue weighted by atomic mass is 10.1. The molecule has 0 bridgehead atoms. The summed E-state index contributed by atoms with van der Waals surface area (Å²) in [7, 11) is 0. The standard InChI is InChI=1S/C18H14N4OS2/c19-17-16-13(10-25-14(16)7-8-20-17)11-3-5-12(6-4-11)21-18(23)22-15-2-1-9-24-15/h1-10H,(H2,19,20)(H2,21,22,23). The van der Waals surface area contributed by atoms with E-state index in [0.717, 1.165) is 31.9 Å². The number of carbonyl (C=O) groups excluding carboxylic acids is 1. The average molecular weight is 366 g/mol. The molecule has 4 N–H and O–H groups in total. The van der Waals surface area contributed by atoms with Gasteiger partial charge in [0.2, 0.25) is 0 Å².